The minimum atomic E-state index is -0.514. The molecule has 0 atom stereocenters. The average Bonchev–Trinajstić information content (AvgIpc) is 2.37. The van der Waals surface area contributed by atoms with Crippen LogP contribution in [0.2, 0.25) is 0 Å². The average molecular weight is 276 g/mol. The number of anilines is 1. The third-order valence-corrected chi connectivity index (χ3v) is 2.44. The minimum absolute atomic E-state index is 0.137. The summed E-state index contributed by atoms with van der Waals surface area (Å²) >= 11 is 0. The quantitative estimate of drug-likeness (QED) is 0.678. The molecule has 5 heteroatoms. The van der Waals surface area contributed by atoms with Gasteiger partial charge in [0, 0.05) is 23.3 Å². The Labute approximate surface area is 119 Å². The number of hydrogen-bond donors (Lipinski definition) is 1. The molecule has 1 aromatic heterocycles. The Hall–Kier alpha value is -2.17. The summed E-state index contributed by atoms with van der Waals surface area (Å²) in [5.74, 6) is -0.139. The summed E-state index contributed by atoms with van der Waals surface area (Å²) in [7, 11) is 0. The molecule has 0 bridgehead atoms. The SMILES string of the molecule is CCOC(=O)C=Cc1cccnc1NC(=O)C(C)(C)C. The van der Waals surface area contributed by atoms with E-state index in [-0.39, 0.29) is 5.91 Å². The summed E-state index contributed by atoms with van der Waals surface area (Å²) in [5.41, 5.74) is 0.137. The first-order valence-corrected chi connectivity index (χ1v) is 6.46. The molecule has 0 aliphatic heterocycles. The zero-order valence-electron chi connectivity index (χ0n) is 12.3. The van der Waals surface area contributed by atoms with E-state index in [9.17, 15) is 9.59 Å². The Balaban J connectivity index is 2.89. The lowest BCUT2D eigenvalue weighted by atomic mass is 9.95. The van der Waals surface area contributed by atoms with Crippen LogP contribution in [0.1, 0.15) is 33.3 Å². The maximum absolute atomic E-state index is 12.0. The van der Waals surface area contributed by atoms with Crippen molar-refractivity contribution in [1.82, 2.24) is 4.98 Å². The van der Waals surface area contributed by atoms with Gasteiger partial charge < -0.3 is 10.1 Å². The fraction of sp³-hybridized carbons (Fsp3) is 0.400. The van der Waals surface area contributed by atoms with Crippen molar-refractivity contribution in [1.29, 1.82) is 0 Å². The zero-order chi connectivity index (χ0) is 15.2. The van der Waals surface area contributed by atoms with Gasteiger partial charge in [0.25, 0.3) is 0 Å². The second-order valence-electron chi connectivity index (χ2n) is 5.23. The molecule has 0 saturated carbocycles. The van der Waals surface area contributed by atoms with Crippen LogP contribution in [0, 0.1) is 5.41 Å². The van der Waals surface area contributed by atoms with Crippen LogP contribution in [0.15, 0.2) is 24.4 Å². The molecule has 0 aromatic carbocycles. The molecule has 1 heterocycles. The van der Waals surface area contributed by atoms with Crippen LogP contribution >= 0.6 is 0 Å². The molecule has 0 spiro atoms. The molecule has 0 unspecified atom stereocenters. The van der Waals surface area contributed by atoms with Crippen LogP contribution in [0.25, 0.3) is 6.08 Å². The highest BCUT2D eigenvalue weighted by molar-refractivity contribution is 5.96. The van der Waals surface area contributed by atoms with Gasteiger partial charge in [-0.25, -0.2) is 9.78 Å². The number of amides is 1. The predicted molar refractivity (Wildman–Crippen MR) is 78.0 cm³/mol. The smallest absolute Gasteiger partial charge is 0.330 e. The number of pyridine rings is 1. The third-order valence-electron chi connectivity index (χ3n) is 2.44. The Morgan fingerprint density at radius 2 is 2.10 bits per heavy atom. The highest BCUT2D eigenvalue weighted by Crippen LogP contribution is 2.19. The molecule has 0 saturated heterocycles. The van der Waals surface area contributed by atoms with Crippen molar-refractivity contribution in [2.24, 2.45) is 5.41 Å². The van der Waals surface area contributed by atoms with Crippen molar-refractivity contribution in [2.75, 3.05) is 11.9 Å². The van der Waals surface area contributed by atoms with E-state index in [0.29, 0.717) is 18.0 Å². The first-order chi connectivity index (χ1) is 9.34. The van der Waals surface area contributed by atoms with E-state index in [1.807, 2.05) is 20.8 Å². The van der Waals surface area contributed by atoms with Crippen LogP contribution in [-0.4, -0.2) is 23.5 Å². The van der Waals surface area contributed by atoms with Gasteiger partial charge in [-0.2, -0.15) is 0 Å². The lowest BCUT2D eigenvalue weighted by molar-refractivity contribution is -0.137. The van der Waals surface area contributed by atoms with E-state index in [2.05, 4.69) is 10.3 Å². The third kappa shape index (κ3) is 4.84. The van der Waals surface area contributed by atoms with Gasteiger partial charge in [0.1, 0.15) is 5.82 Å². The van der Waals surface area contributed by atoms with Gasteiger partial charge in [-0.15, -0.1) is 0 Å². The van der Waals surface area contributed by atoms with E-state index in [0.717, 1.165) is 0 Å². The number of carbonyl (C=O) groups is 2. The molecular weight excluding hydrogens is 256 g/mol. The lowest BCUT2D eigenvalue weighted by Crippen LogP contribution is -2.28. The second-order valence-corrected chi connectivity index (χ2v) is 5.23. The van der Waals surface area contributed by atoms with E-state index < -0.39 is 11.4 Å². The minimum Gasteiger partial charge on any atom is -0.463 e. The molecule has 0 fully saturated rings. The number of rotatable bonds is 4. The number of aromatic nitrogens is 1. The molecule has 1 rings (SSSR count). The summed E-state index contributed by atoms with van der Waals surface area (Å²) in [6.45, 7) is 7.52. The van der Waals surface area contributed by atoms with Crippen LogP contribution in [0.5, 0.6) is 0 Å². The largest absolute Gasteiger partial charge is 0.463 e. The summed E-state index contributed by atoms with van der Waals surface area (Å²) in [6, 6.07) is 3.50. The molecule has 0 aliphatic carbocycles. The van der Waals surface area contributed by atoms with Gasteiger partial charge in [-0.05, 0) is 25.1 Å². The molecule has 1 amide bonds. The topological polar surface area (TPSA) is 68.3 Å². The Bertz CT molecular complexity index is 516. The highest BCUT2D eigenvalue weighted by atomic mass is 16.5. The summed E-state index contributed by atoms with van der Waals surface area (Å²) in [5, 5.41) is 2.75. The normalized spacial score (nSPS) is 11.4. The van der Waals surface area contributed by atoms with E-state index in [1.165, 1.54) is 6.08 Å². The van der Waals surface area contributed by atoms with Gasteiger partial charge in [0.2, 0.25) is 5.91 Å². The van der Waals surface area contributed by atoms with Crippen molar-refractivity contribution in [3.63, 3.8) is 0 Å². The molecule has 20 heavy (non-hydrogen) atoms. The van der Waals surface area contributed by atoms with Crippen LogP contribution < -0.4 is 5.32 Å². The van der Waals surface area contributed by atoms with E-state index >= 15 is 0 Å². The molecular formula is C15H20N2O3. The van der Waals surface area contributed by atoms with Crippen molar-refractivity contribution < 1.29 is 14.3 Å². The van der Waals surface area contributed by atoms with Gasteiger partial charge in [-0.1, -0.05) is 20.8 Å². The maximum atomic E-state index is 12.0. The van der Waals surface area contributed by atoms with E-state index in [1.54, 1.807) is 31.3 Å². The maximum Gasteiger partial charge on any atom is 0.330 e. The summed E-state index contributed by atoms with van der Waals surface area (Å²) < 4.78 is 4.81. The van der Waals surface area contributed by atoms with Crippen molar-refractivity contribution in [3.8, 4) is 0 Å². The Morgan fingerprint density at radius 3 is 2.70 bits per heavy atom. The van der Waals surface area contributed by atoms with Crippen LogP contribution in [0.4, 0.5) is 5.82 Å². The first-order valence-electron chi connectivity index (χ1n) is 6.46. The summed E-state index contributed by atoms with van der Waals surface area (Å²) in [4.78, 5) is 27.4. The lowest BCUT2D eigenvalue weighted by Gasteiger charge is -2.17. The van der Waals surface area contributed by atoms with Gasteiger partial charge in [0.05, 0.1) is 6.61 Å². The standard InChI is InChI=1S/C15H20N2O3/c1-5-20-12(18)9-8-11-7-6-10-16-13(11)17-14(19)15(2,3)4/h6-10H,5H2,1-4H3,(H,16,17,19). The fourth-order valence-electron chi connectivity index (χ4n) is 1.30. The molecule has 5 nitrogen and oxygen atoms in total. The number of ether oxygens (including phenoxy) is 1. The first kappa shape index (κ1) is 15.9. The fourth-order valence-corrected chi connectivity index (χ4v) is 1.30. The molecule has 0 aliphatic rings. The highest BCUT2D eigenvalue weighted by Gasteiger charge is 2.22. The van der Waals surface area contributed by atoms with Crippen molar-refractivity contribution in [2.45, 2.75) is 27.7 Å². The van der Waals surface area contributed by atoms with Crippen LogP contribution in [0.3, 0.4) is 0 Å². The van der Waals surface area contributed by atoms with Crippen LogP contribution in [-0.2, 0) is 14.3 Å². The Morgan fingerprint density at radius 1 is 1.40 bits per heavy atom. The number of esters is 1. The molecule has 1 N–H and O–H groups in total. The number of nitrogens with zero attached hydrogens (tertiary/aromatic N) is 1. The number of nitrogens with one attached hydrogen (secondary N) is 1. The van der Waals surface area contributed by atoms with Gasteiger partial charge >= 0.3 is 5.97 Å². The van der Waals surface area contributed by atoms with Gasteiger partial charge in [-0.3, -0.25) is 4.79 Å². The summed E-state index contributed by atoms with van der Waals surface area (Å²) in [6.07, 6.45) is 4.47. The van der Waals surface area contributed by atoms with Crippen molar-refractivity contribution >= 4 is 23.8 Å². The molecule has 1 aromatic rings. The second kappa shape index (κ2) is 6.84. The predicted octanol–water partition coefficient (Wildman–Crippen LogP) is 2.64. The zero-order valence-corrected chi connectivity index (χ0v) is 12.3. The molecule has 0 radical (unpaired) electrons. The number of carbonyl (C=O) groups excluding carboxylic acids is 2. The van der Waals surface area contributed by atoms with Crippen molar-refractivity contribution in [3.05, 3.63) is 30.0 Å². The monoisotopic (exact) mass is 276 g/mol. The van der Waals surface area contributed by atoms with E-state index in [4.69, 9.17) is 4.74 Å². The van der Waals surface area contributed by atoms with Gasteiger partial charge in [0.15, 0.2) is 0 Å². The number of hydrogen-bond acceptors (Lipinski definition) is 4. The Kier molecular flexibility index (Phi) is 5.43. The molecule has 108 valence electrons.